The summed E-state index contributed by atoms with van der Waals surface area (Å²) < 4.78 is 43.3. The maximum Gasteiger partial charge on any atom is 0.416 e. The van der Waals surface area contributed by atoms with Gasteiger partial charge in [0.05, 0.1) is 29.0 Å². The molecule has 0 aliphatic heterocycles. The molecule has 4 rings (SSSR count). The number of nitrogens with one attached hydrogen (secondary N) is 1. The van der Waals surface area contributed by atoms with Crippen LogP contribution in [0.1, 0.15) is 24.1 Å². The molecule has 7 heteroatoms. The minimum Gasteiger partial charge on any atom is -0.258 e. The molecule has 130 valence electrons. The highest BCUT2D eigenvalue weighted by molar-refractivity contribution is 7.98. The fraction of sp³-hybridized carbons (Fsp3) is 0.278. The second kappa shape index (κ2) is 6.38. The van der Waals surface area contributed by atoms with Crippen molar-refractivity contribution in [1.82, 2.24) is 14.5 Å². The summed E-state index contributed by atoms with van der Waals surface area (Å²) in [7, 11) is 0. The summed E-state index contributed by atoms with van der Waals surface area (Å²) in [5, 5.41) is 6.33. The van der Waals surface area contributed by atoms with Crippen LogP contribution in [0.15, 0.2) is 48.5 Å². The molecule has 1 fully saturated rings. The number of aromatic nitrogens is 2. The molecule has 0 bridgehead atoms. The number of alkyl halides is 3. The summed E-state index contributed by atoms with van der Waals surface area (Å²) in [6, 6.07) is 12.9. The Labute approximate surface area is 147 Å². The van der Waals surface area contributed by atoms with Crippen molar-refractivity contribution in [2.24, 2.45) is 0 Å². The molecule has 1 heterocycles. The van der Waals surface area contributed by atoms with Crippen molar-refractivity contribution in [1.29, 1.82) is 0 Å². The number of nitrogens with zero attached hydrogens (tertiary/aromatic N) is 2. The minimum atomic E-state index is -4.33. The highest BCUT2D eigenvalue weighted by Crippen LogP contribution is 2.33. The first-order valence-corrected chi connectivity index (χ1v) is 8.93. The summed E-state index contributed by atoms with van der Waals surface area (Å²) in [4.78, 5) is 0. The van der Waals surface area contributed by atoms with Crippen LogP contribution in [0, 0.1) is 0 Å². The van der Waals surface area contributed by atoms with Gasteiger partial charge in [-0.25, -0.2) is 4.68 Å². The number of hydrogen-bond donors (Lipinski definition) is 1. The Morgan fingerprint density at radius 3 is 2.48 bits per heavy atom. The van der Waals surface area contributed by atoms with Crippen LogP contribution in [0.2, 0.25) is 0 Å². The Morgan fingerprint density at radius 2 is 1.80 bits per heavy atom. The summed E-state index contributed by atoms with van der Waals surface area (Å²) >= 11 is 1.73. The Hall–Kier alpha value is -1.99. The maximum atomic E-state index is 12.8. The van der Waals surface area contributed by atoms with Gasteiger partial charge in [0.1, 0.15) is 0 Å². The van der Waals surface area contributed by atoms with Crippen molar-refractivity contribution < 1.29 is 13.2 Å². The van der Waals surface area contributed by atoms with Crippen molar-refractivity contribution in [3.05, 3.63) is 59.8 Å². The number of hydrogen-bond acceptors (Lipinski definition) is 3. The Balaban J connectivity index is 1.66. The lowest BCUT2D eigenvalue weighted by Crippen LogP contribution is -2.07. The molecular formula is C18H16F3N3S. The van der Waals surface area contributed by atoms with Gasteiger partial charge in [0, 0.05) is 10.6 Å². The van der Waals surface area contributed by atoms with Crippen LogP contribution in [0.25, 0.3) is 16.6 Å². The molecule has 3 aromatic rings. The Bertz CT molecular complexity index is 883. The normalized spacial score (nSPS) is 15.0. The standard InChI is InChI=1S/C18H16F3N3S/c19-18(20,21)12-5-7-13(8-6-12)24-17-4-2-1-3-15(17)16(23-24)11-22-25-14-9-10-14/h1-8,14,22H,9-11H2. The number of benzene rings is 2. The average molecular weight is 363 g/mol. The molecule has 0 spiro atoms. The summed E-state index contributed by atoms with van der Waals surface area (Å²) in [5.41, 5.74) is 1.74. The van der Waals surface area contributed by atoms with Crippen LogP contribution >= 0.6 is 11.9 Å². The van der Waals surface area contributed by atoms with Crippen LogP contribution in [0.4, 0.5) is 13.2 Å². The van der Waals surface area contributed by atoms with E-state index in [1.807, 2.05) is 24.3 Å². The lowest BCUT2D eigenvalue weighted by molar-refractivity contribution is -0.137. The van der Waals surface area contributed by atoms with Gasteiger partial charge in [0.2, 0.25) is 0 Å². The van der Waals surface area contributed by atoms with Crippen LogP contribution in [0.3, 0.4) is 0 Å². The molecular weight excluding hydrogens is 347 g/mol. The van der Waals surface area contributed by atoms with E-state index < -0.39 is 11.7 Å². The SMILES string of the molecule is FC(F)(F)c1ccc(-n2nc(CNSC3CC3)c3ccccc32)cc1. The van der Waals surface area contributed by atoms with Gasteiger partial charge in [-0.05, 0) is 43.2 Å². The lowest BCUT2D eigenvalue weighted by Gasteiger charge is -2.08. The summed E-state index contributed by atoms with van der Waals surface area (Å²) in [5.74, 6) is 0. The lowest BCUT2D eigenvalue weighted by atomic mass is 10.2. The molecule has 2 aromatic carbocycles. The predicted octanol–water partition coefficient (Wildman–Crippen LogP) is 4.94. The quantitative estimate of drug-likeness (QED) is 0.651. The van der Waals surface area contributed by atoms with Gasteiger partial charge in [-0.2, -0.15) is 18.3 Å². The predicted molar refractivity (Wildman–Crippen MR) is 93.5 cm³/mol. The number of para-hydroxylation sites is 1. The first kappa shape index (κ1) is 16.5. The third-order valence-corrected chi connectivity index (χ3v) is 5.23. The van der Waals surface area contributed by atoms with E-state index in [-0.39, 0.29) is 0 Å². The highest BCUT2D eigenvalue weighted by Gasteiger charge is 2.30. The van der Waals surface area contributed by atoms with E-state index in [2.05, 4.69) is 9.82 Å². The molecule has 1 aliphatic carbocycles. The van der Waals surface area contributed by atoms with Crippen molar-refractivity contribution in [2.45, 2.75) is 30.8 Å². The third-order valence-electron chi connectivity index (χ3n) is 4.12. The fourth-order valence-electron chi connectivity index (χ4n) is 2.66. The largest absolute Gasteiger partial charge is 0.416 e. The van der Waals surface area contributed by atoms with Gasteiger partial charge >= 0.3 is 6.18 Å². The highest BCUT2D eigenvalue weighted by atomic mass is 32.2. The molecule has 0 radical (unpaired) electrons. The zero-order chi connectivity index (χ0) is 17.4. The average Bonchev–Trinajstić information content (AvgIpc) is 3.35. The zero-order valence-corrected chi connectivity index (χ0v) is 14.1. The fourth-order valence-corrected chi connectivity index (χ4v) is 3.49. The van der Waals surface area contributed by atoms with Gasteiger partial charge in [-0.3, -0.25) is 4.72 Å². The molecule has 0 atom stereocenters. The van der Waals surface area contributed by atoms with E-state index in [4.69, 9.17) is 0 Å². The van der Waals surface area contributed by atoms with Crippen molar-refractivity contribution in [3.63, 3.8) is 0 Å². The second-order valence-corrected chi connectivity index (χ2v) is 7.25. The molecule has 0 amide bonds. The van der Waals surface area contributed by atoms with Crippen LogP contribution in [-0.2, 0) is 12.7 Å². The van der Waals surface area contributed by atoms with Gasteiger partial charge in [0.15, 0.2) is 0 Å². The van der Waals surface area contributed by atoms with E-state index in [0.717, 1.165) is 28.7 Å². The Kier molecular flexibility index (Phi) is 4.21. The monoisotopic (exact) mass is 363 g/mol. The molecule has 1 saturated carbocycles. The molecule has 25 heavy (non-hydrogen) atoms. The van der Waals surface area contributed by atoms with Crippen LogP contribution < -0.4 is 4.72 Å². The Morgan fingerprint density at radius 1 is 1.08 bits per heavy atom. The van der Waals surface area contributed by atoms with E-state index in [0.29, 0.717) is 17.5 Å². The third kappa shape index (κ3) is 3.52. The molecule has 3 nitrogen and oxygen atoms in total. The molecule has 0 saturated heterocycles. The smallest absolute Gasteiger partial charge is 0.258 e. The molecule has 1 aliphatic rings. The van der Waals surface area contributed by atoms with E-state index in [9.17, 15) is 13.2 Å². The number of halogens is 3. The van der Waals surface area contributed by atoms with Crippen LogP contribution in [0.5, 0.6) is 0 Å². The van der Waals surface area contributed by atoms with Gasteiger partial charge in [0.25, 0.3) is 0 Å². The second-order valence-electron chi connectivity index (χ2n) is 6.06. The first-order chi connectivity index (χ1) is 12.0. The molecule has 1 aromatic heterocycles. The summed E-state index contributed by atoms with van der Waals surface area (Å²) in [6.45, 7) is 0.620. The van der Waals surface area contributed by atoms with Crippen molar-refractivity contribution in [3.8, 4) is 5.69 Å². The van der Waals surface area contributed by atoms with E-state index in [1.54, 1.807) is 16.6 Å². The number of fused-ring (bicyclic) bond motifs is 1. The minimum absolute atomic E-state index is 0.616. The topological polar surface area (TPSA) is 29.9 Å². The van der Waals surface area contributed by atoms with Gasteiger partial charge in [-0.1, -0.05) is 30.1 Å². The van der Waals surface area contributed by atoms with Crippen molar-refractivity contribution >= 4 is 22.9 Å². The van der Waals surface area contributed by atoms with Crippen molar-refractivity contribution in [2.75, 3.05) is 0 Å². The first-order valence-electron chi connectivity index (χ1n) is 8.05. The van der Waals surface area contributed by atoms with E-state index in [1.165, 1.54) is 25.0 Å². The van der Waals surface area contributed by atoms with Gasteiger partial charge < -0.3 is 0 Å². The van der Waals surface area contributed by atoms with E-state index >= 15 is 0 Å². The number of rotatable bonds is 5. The van der Waals surface area contributed by atoms with Gasteiger partial charge in [-0.15, -0.1) is 0 Å². The molecule has 1 N–H and O–H groups in total. The maximum absolute atomic E-state index is 12.8. The van der Waals surface area contributed by atoms with Crippen LogP contribution in [-0.4, -0.2) is 15.0 Å². The molecule has 0 unspecified atom stereocenters. The zero-order valence-electron chi connectivity index (χ0n) is 13.3. The summed E-state index contributed by atoms with van der Waals surface area (Å²) in [6.07, 6.45) is -1.84.